The number of benzene rings is 1. The van der Waals surface area contributed by atoms with Crippen LogP contribution in [0.2, 0.25) is 0 Å². The smallest absolute Gasteiger partial charge is 0.126 e. The van der Waals surface area contributed by atoms with Crippen molar-refractivity contribution in [3.8, 4) is 11.5 Å². The fraction of sp³-hybridized carbons (Fsp3) is 0.625. The first-order chi connectivity index (χ1) is 9.33. The molecule has 3 nitrogen and oxygen atoms in total. The van der Waals surface area contributed by atoms with Crippen LogP contribution in [0.4, 0.5) is 0 Å². The summed E-state index contributed by atoms with van der Waals surface area (Å²) in [6, 6.07) is 6.11. The molecule has 0 aliphatic carbocycles. The summed E-state index contributed by atoms with van der Waals surface area (Å²) in [5.41, 5.74) is 1.29. The minimum Gasteiger partial charge on any atom is -0.497 e. The molecule has 0 radical (unpaired) electrons. The normalized spacial score (nSPS) is 17.7. The summed E-state index contributed by atoms with van der Waals surface area (Å²) < 4.78 is 11.3. The Morgan fingerprint density at radius 3 is 3.05 bits per heavy atom. The topological polar surface area (TPSA) is 30.5 Å². The number of fused-ring (bicyclic) bond motifs is 1. The highest BCUT2D eigenvalue weighted by atomic mass is 16.5. The van der Waals surface area contributed by atoms with Crippen molar-refractivity contribution in [3.05, 3.63) is 23.8 Å². The van der Waals surface area contributed by atoms with Crippen molar-refractivity contribution in [2.75, 3.05) is 20.2 Å². The molecule has 1 aromatic rings. The van der Waals surface area contributed by atoms with E-state index in [2.05, 4.69) is 18.3 Å². The zero-order valence-corrected chi connectivity index (χ0v) is 12.1. The quantitative estimate of drug-likeness (QED) is 0.766. The zero-order chi connectivity index (χ0) is 13.5. The van der Waals surface area contributed by atoms with E-state index in [9.17, 15) is 0 Å². The molecule has 0 amide bonds. The molecule has 0 saturated heterocycles. The van der Waals surface area contributed by atoms with Gasteiger partial charge in [-0.15, -0.1) is 0 Å². The average molecular weight is 263 g/mol. The molecular weight excluding hydrogens is 238 g/mol. The molecule has 1 aliphatic heterocycles. The summed E-state index contributed by atoms with van der Waals surface area (Å²) in [5.74, 6) is 1.86. The summed E-state index contributed by atoms with van der Waals surface area (Å²) in [6.07, 6.45) is 6.32. The first kappa shape index (κ1) is 14.2. The lowest BCUT2D eigenvalue weighted by Crippen LogP contribution is -2.34. The molecule has 106 valence electrons. The van der Waals surface area contributed by atoms with Gasteiger partial charge in [0.15, 0.2) is 0 Å². The third kappa shape index (κ3) is 4.13. The van der Waals surface area contributed by atoms with Gasteiger partial charge in [-0.2, -0.15) is 0 Å². The largest absolute Gasteiger partial charge is 0.497 e. The van der Waals surface area contributed by atoms with Gasteiger partial charge in [0, 0.05) is 12.6 Å². The van der Waals surface area contributed by atoms with E-state index in [1.54, 1.807) is 7.11 Å². The summed E-state index contributed by atoms with van der Waals surface area (Å²) in [4.78, 5) is 0. The predicted octanol–water partition coefficient (Wildman–Crippen LogP) is 3.17. The van der Waals surface area contributed by atoms with E-state index in [1.807, 2.05) is 12.1 Å². The van der Waals surface area contributed by atoms with Gasteiger partial charge in [-0.05, 0) is 37.4 Å². The number of hydrogen-bond acceptors (Lipinski definition) is 3. The standard InChI is InChI=1S/C16H25NO2/c1-3-4-5-10-17-12-15-9-7-13-6-8-14(18-2)11-16(13)19-15/h6,8,11,15,17H,3-5,7,9-10,12H2,1-2H3. The van der Waals surface area contributed by atoms with Gasteiger partial charge in [-0.1, -0.05) is 25.8 Å². The molecule has 0 saturated carbocycles. The summed E-state index contributed by atoms with van der Waals surface area (Å²) in [6.45, 7) is 4.27. The fourth-order valence-electron chi connectivity index (χ4n) is 2.44. The maximum absolute atomic E-state index is 6.04. The SMILES string of the molecule is CCCCCNCC1CCc2ccc(OC)cc2O1. The van der Waals surface area contributed by atoms with Crippen LogP contribution in [0.5, 0.6) is 11.5 Å². The molecule has 2 rings (SSSR count). The summed E-state index contributed by atoms with van der Waals surface area (Å²) >= 11 is 0. The fourth-order valence-corrected chi connectivity index (χ4v) is 2.44. The van der Waals surface area contributed by atoms with Crippen LogP contribution in [0.15, 0.2) is 18.2 Å². The van der Waals surface area contributed by atoms with Crippen molar-refractivity contribution in [1.29, 1.82) is 0 Å². The van der Waals surface area contributed by atoms with Crippen molar-refractivity contribution in [1.82, 2.24) is 5.32 Å². The molecule has 0 spiro atoms. The van der Waals surface area contributed by atoms with Crippen molar-refractivity contribution in [2.24, 2.45) is 0 Å². The summed E-state index contributed by atoms with van der Waals surface area (Å²) in [7, 11) is 1.69. The van der Waals surface area contributed by atoms with E-state index in [4.69, 9.17) is 9.47 Å². The number of aryl methyl sites for hydroxylation is 1. The lowest BCUT2D eigenvalue weighted by molar-refractivity contribution is 0.170. The van der Waals surface area contributed by atoms with Crippen molar-refractivity contribution < 1.29 is 9.47 Å². The number of ether oxygens (including phenoxy) is 2. The second-order valence-electron chi connectivity index (χ2n) is 5.16. The molecule has 0 aromatic heterocycles. The van der Waals surface area contributed by atoms with E-state index in [0.717, 1.165) is 37.4 Å². The van der Waals surface area contributed by atoms with Crippen LogP contribution in [0.25, 0.3) is 0 Å². The minimum absolute atomic E-state index is 0.293. The molecule has 1 aliphatic rings. The number of rotatable bonds is 7. The van der Waals surface area contributed by atoms with Crippen molar-refractivity contribution in [3.63, 3.8) is 0 Å². The Kier molecular flexibility index (Phi) is 5.52. The van der Waals surface area contributed by atoms with Crippen molar-refractivity contribution in [2.45, 2.75) is 45.1 Å². The van der Waals surface area contributed by atoms with E-state index >= 15 is 0 Å². The molecule has 1 heterocycles. The molecule has 0 bridgehead atoms. The van der Waals surface area contributed by atoms with E-state index in [-0.39, 0.29) is 0 Å². The van der Waals surface area contributed by atoms with Gasteiger partial charge < -0.3 is 14.8 Å². The van der Waals surface area contributed by atoms with Crippen LogP contribution < -0.4 is 14.8 Å². The molecule has 0 fully saturated rings. The Morgan fingerprint density at radius 2 is 2.26 bits per heavy atom. The third-order valence-electron chi connectivity index (χ3n) is 3.63. The monoisotopic (exact) mass is 263 g/mol. The van der Waals surface area contributed by atoms with Gasteiger partial charge in [0.05, 0.1) is 7.11 Å². The zero-order valence-electron chi connectivity index (χ0n) is 12.1. The Balaban J connectivity index is 1.80. The predicted molar refractivity (Wildman–Crippen MR) is 78.1 cm³/mol. The second-order valence-corrected chi connectivity index (χ2v) is 5.16. The van der Waals surface area contributed by atoms with Gasteiger partial charge in [0.2, 0.25) is 0 Å². The lowest BCUT2D eigenvalue weighted by atomic mass is 10.0. The van der Waals surface area contributed by atoms with Crippen LogP contribution in [0.3, 0.4) is 0 Å². The van der Waals surface area contributed by atoms with Crippen LogP contribution in [0.1, 0.15) is 38.2 Å². The Bertz CT molecular complexity index is 392. The Labute approximate surface area is 116 Å². The van der Waals surface area contributed by atoms with Gasteiger partial charge in [0.25, 0.3) is 0 Å². The molecule has 1 unspecified atom stereocenters. The van der Waals surface area contributed by atoms with Crippen LogP contribution >= 0.6 is 0 Å². The van der Waals surface area contributed by atoms with E-state index in [1.165, 1.54) is 24.8 Å². The van der Waals surface area contributed by atoms with Gasteiger partial charge in [0.1, 0.15) is 17.6 Å². The van der Waals surface area contributed by atoms with Crippen LogP contribution in [-0.4, -0.2) is 26.3 Å². The number of methoxy groups -OCH3 is 1. The molecule has 3 heteroatoms. The number of hydrogen-bond donors (Lipinski definition) is 1. The first-order valence-corrected chi connectivity index (χ1v) is 7.37. The lowest BCUT2D eigenvalue weighted by Gasteiger charge is -2.26. The summed E-state index contributed by atoms with van der Waals surface area (Å²) in [5, 5.41) is 3.49. The van der Waals surface area contributed by atoms with Crippen LogP contribution in [0, 0.1) is 0 Å². The molecular formula is C16H25NO2. The molecule has 19 heavy (non-hydrogen) atoms. The van der Waals surface area contributed by atoms with Gasteiger partial charge in [-0.3, -0.25) is 0 Å². The first-order valence-electron chi connectivity index (χ1n) is 7.37. The maximum atomic E-state index is 6.04. The van der Waals surface area contributed by atoms with Gasteiger partial charge in [-0.25, -0.2) is 0 Å². The maximum Gasteiger partial charge on any atom is 0.126 e. The van der Waals surface area contributed by atoms with E-state index in [0.29, 0.717) is 6.10 Å². The highest BCUT2D eigenvalue weighted by Gasteiger charge is 2.19. The molecule has 1 atom stereocenters. The highest BCUT2D eigenvalue weighted by molar-refractivity contribution is 5.42. The van der Waals surface area contributed by atoms with Crippen LogP contribution in [-0.2, 0) is 6.42 Å². The number of unbranched alkanes of at least 4 members (excludes halogenated alkanes) is 2. The minimum atomic E-state index is 0.293. The third-order valence-corrected chi connectivity index (χ3v) is 3.63. The Morgan fingerprint density at radius 1 is 1.37 bits per heavy atom. The Hall–Kier alpha value is -1.22. The van der Waals surface area contributed by atoms with Gasteiger partial charge >= 0.3 is 0 Å². The molecule has 1 aromatic carbocycles. The highest BCUT2D eigenvalue weighted by Crippen LogP contribution is 2.31. The average Bonchev–Trinajstić information content (AvgIpc) is 2.46. The number of nitrogens with one attached hydrogen (secondary N) is 1. The van der Waals surface area contributed by atoms with E-state index < -0.39 is 0 Å². The van der Waals surface area contributed by atoms with Crippen molar-refractivity contribution >= 4 is 0 Å². The second kappa shape index (κ2) is 7.39. The molecule has 1 N–H and O–H groups in total.